The van der Waals surface area contributed by atoms with E-state index in [9.17, 15) is 4.79 Å². The predicted molar refractivity (Wildman–Crippen MR) is 96.0 cm³/mol. The molecule has 0 saturated heterocycles. The number of carbonyl (C=O) groups is 1. The molecule has 0 aliphatic rings. The Hall–Kier alpha value is -2.01. The van der Waals surface area contributed by atoms with Gasteiger partial charge in [0.15, 0.2) is 17.7 Å². The van der Waals surface area contributed by atoms with Crippen molar-refractivity contribution in [3.63, 3.8) is 0 Å². The summed E-state index contributed by atoms with van der Waals surface area (Å²) in [6.45, 7) is 0. The second-order valence-corrected chi connectivity index (χ2v) is 6.18. The minimum absolute atomic E-state index is 0.175. The molecule has 0 aliphatic carbocycles. The van der Waals surface area contributed by atoms with Crippen LogP contribution < -0.4 is 4.74 Å². The third kappa shape index (κ3) is 3.00. The summed E-state index contributed by atoms with van der Waals surface area (Å²) in [7, 11) is 1.48. The van der Waals surface area contributed by atoms with Gasteiger partial charge >= 0.3 is 0 Å². The standard InChI is InChI=1S/C17H11Cl3N2O2/c1-24-17-14(9-23)21-22(15-7-6-12(19)8-13(15)20)16(17)10-2-4-11(18)5-3-10/h2-9H,1H3. The average molecular weight is 382 g/mol. The Kier molecular flexibility index (Phi) is 4.81. The van der Waals surface area contributed by atoms with Crippen LogP contribution in [0.25, 0.3) is 16.9 Å². The van der Waals surface area contributed by atoms with Crippen molar-refractivity contribution in [3.8, 4) is 22.7 Å². The molecule has 0 unspecified atom stereocenters. The molecule has 0 spiro atoms. The molecule has 0 saturated carbocycles. The summed E-state index contributed by atoms with van der Waals surface area (Å²) in [6.07, 6.45) is 0.637. The molecule has 0 fully saturated rings. The molecule has 0 aliphatic heterocycles. The maximum absolute atomic E-state index is 11.4. The van der Waals surface area contributed by atoms with Gasteiger partial charge in [0.1, 0.15) is 5.69 Å². The number of halogens is 3. The normalized spacial score (nSPS) is 10.7. The fraction of sp³-hybridized carbons (Fsp3) is 0.0588. The topological polar surface area (TPSA) is 44.1 Å². The van der Waals surface area contributed by atoms with Gasteiger partial charge in [-0.15, -0.1) is 0 Å². The van der Waals surface area contributed by atoms with Gasteiger partial charge in [-0.3, -0.25) is 4.79 Å². The molecule has 1 heterocycles. The largest absolute Gasteiger partial charge is 0.492 e. The molecule has 122 valence electrons. The van der Waals surface area contributed by atoms with Gasteiger partial charge in [0.05, 0.1) is 17.8 Å². The van der Waals surface area contributed by atoms with Crippen LogP contribution in [0.4, 0.5) is 0 Å². The number of methoxy groups -OCH3 is 1. The molecule has 0 amide bonds. The Balaban J connectivity index is 2.31. The maximum Gasteiger partial charge on any atom is 0.176 e. The van der Waals surface area contributed by atoms with Crippen LogP contribution in [0.1, 0.15) is 10.5 Å². The van der Waals surface area contributed by atoms with Gasteiger partial charge in [-0.1, -0.05) is 46.9 Å². The predicted octanol–water partition coefficient (Wildman–Crippen LogP) is 5.32. The summed E-state index contributed by atoms with van der Waals surface area (Å²) < 4.78 is 6.96. The number of hydrogen-bond acceptors (Lipinski definition) is 3. The van der Waals surface area contributed by atoms with Crippen molar-refractivity contribution in [3.05, 3.63) is 63.2 Å². The number of carbonyl (C=O) groups excluding carboxylic acids is 1. The van der Waals surface area contributed by atoms with E-state index >= 15 is 0 Å². The minimum atomic E-state index is 0.175. The van der Waals surface area contributed by atoms with Crippen LogP contribution in [-0.2, 0) is 0 Å². The maximum atomic E-state index is 11.4. The molecule has 1 aromatic heterocycles. The number of hydrogen-bond donors (Lipinski definition) is 0. The van der Waals surface area contributed by atoms with Crippen LogP contribution in [0.5, 0.6) is 5.75 Å². The molecule has 0 N–H and O–H groups in total. The lowest BCUT2D eigenvalue weighted by molar-refractivity contribution is 0.111. The van der Waals surface area contributed by atoms with Crippen molar-refractivity contribution in [1.29, 1.82) is 0 Å². The lowest BCUT2D eigenvalue weighted by atomic mass is 10.1. The van der Waals surface area contributed by atoms with Crippen LogP contribution in [0.15, 0.2) is 42.5 Å². The van der Waals surface area contributed by atoms with Crippen LogP contribution in [-0.4, -0.2) is 23.2 Å². The highest BCUT2D eigenvalue weighted by Crippen LogP contribution is 2.37. The summed E-state index contributed by atoms with van der Waals surface area (Å²) in [5, 5.41) is 5.83. The van der Waals surface area contributed by atoms with Crippen molar-refractivity contribution in [1.82, 2.24) is 9.78 Å². The molecule has 2 aromatic carbocycles. The van der Waals surface area contributed by atoms with Gasteiger partial charge in [0.2, 0.25) is 0 Å². The van der Waals surface area contributed by atoms with Gasteiger partial charge in [0, 0.05) is 15.6 Å². The zero-order chi connectivity index (χ0) is 17.3. The van der Waals surface area contributed by atoms with E-state index in [1.165, 1.54) is 7.11 Å². The minimum Gasteiger partial charge on any atom is -0.492 e. The first-order valence-corrected chi connectivity index (χ1v) is 8.02. The second kappa shape index (κ2) is 6.85. The highest BCUT2D eigenvalue weighted by molar-refractivity contribution is 6.35. The van der Waals surface area contributed by atoms with E-state index in [0.717, 1.165) is 5.56 Å². The first kappa shape index (κ1) is 16.8. The van der Waals surface area contributed by atoms with Crippen molar-refractivity contribution in [2.75, 3.05) is 7.11 Å². The zero-order valence-corrected chi connectivity index (χ0v) is 14.7. The Labute approximate surface area is 153 Å². The monoisotopic (exact) mass is 380 g/mol. The highest BCUT2D eigenvalue weighted by Gasteiger charge is 2.22. The van der Waals surface area contributed by atoms with E-state index in [-0.39, 0.29) is 5.69 Å². The molecule has 0 atom stereocenters. The van der Waals surface area contributed by atoms with E-state index < -0.39 is 0 Å². The zero-order valence-electron chi connectivity index (χ0n) is 12.5. The Morgan fingerprint density at radius 2 is 1.71 bits per heavy atom. The summed E-state index contributed by atoms with van der Waals surface area (Å²) in [6, 6.07) is 12.2. The summed E-state index contributed by atoms with van der Waals surface area (Å²) >= 11 is 18.2. The number of aldehydes is 1. The molecule has 3 aromatic rings. The van der Waals surface area contributed by atoms with Crippen LogP contribution in [0.3, 0.4) is 0 Å². The molecule has 7 heteroatoms. The Morgan fingerprint density at radius 3 is 2.29 bits per heavy atom. The summed E-state index contributed by atoms with van der Waals surface area (Å²) in [5.41, 5.74) is 2.13. The van der Waals surface area contributed by atoms with Gasteiger partial charge in [-0.25, -0.2) is 4.68 Å². The van der Waals surface area contributed by atoms with Gasteiger partial charge < -0.3 is 4.74 Å². The van der Waals surface area contributed by atoms with Gasteiger partial charge in [-0.2, -0.15) is 5.10 Å². The lowest BCUT2D eigenvalue weighted by Crippen LogP contribution is -2.01. The van der Waals surface area contributed by atoms with Gasteiger partial charge in [-0.05, 0) is 30.3 Å². The third-order valence-corrected chi connectivity index (χ3v) is 4.23. The SMILES string of the molecule is COc1c(C=O)nn(-c2ccc(Cl)cc2Cl)c1-c1ccc(Cl)cc1. The quantitative estimate of drug-likeness (QED) is 0.574. The summed E-state index contributed by atoms with van der Waals surface area (Å²) in [4.78, 5) is 11.4. The van der Waals surface area contributed by atoms with E-state index in [1.807, 2.05) is 12.1 Å². The molecular weight excluding hydrogens is 371 g/mol. The van der Waals surface area contributed by atoms with Crippen molar-refractivity contribution < 1.29 is 9.53 Å². The van der Waals surface area contributed by atoms with Crippen molar-refractivity contribution in [2.24, 2.45) is 0 Å². The number of aromatic nitrogens is 2. The van der Waals surface area contributed by atoms with Crippen LogP contribution in [0.2, 0.25) is 15.1 Å². The summed E-state index contributed by atoms with van der Waals surface area (Å²) in [5.74, 6) is 0.360. The molecule has 24 heavy (non-hydrogen) atoms. The third-order valence-electron chi connectivity index (χ3n) is 3.44. The molecular formula is C17H11Cl3N2O2. The van der Waals surface area contributed by atoms with E-state index in [0.29, 0.717) is 38.5 Å². The fourth-order valence-electron chi connectivity index (χ4n) is 2.39. The number of benzene rings is 2. The fourth-order valence-corrected chi connectivity index (χ4v) is 3.00. The first-order valence-electron chi connectivity index (χ1n) is 6.88. The lowest BCUT2D eigenvalue weighted by Gasteiger charge is -2.11. The molecule has 3 rings (SSSR count). The van der Waals surface area contributed by atoms with Crippen molar-refractivity contribution >= 4 is 41.1 Å². The Bertz CT molecular complexity index is 905. The first-order chi connectivity index (χ1) is 11.5. The van der Waals surface area contributed by atoms with Gasteiger partial charge in [0.25, 0.3) is 0 Å². The Morgan fingerprint density at radius 1 is 1.04 bits per heavy atom. The number of ether oxygens (including phenoxy) is 1. The molecule has 0 radical (unpaired) electrons. The number of nitrogens with zero attached hydrogens (tertiary/aromatic N) is 2. The van der Waals surface area contributed by atoms with Crippen LogP contribution in [0, 0.1) is 0 Å². The number of rotatable bonds is 4. The highest BCUT2D eigenvalue weighted by atomic mass is 35.5. The smallest absolute Gasteiger partial charge is 0.176 e. The molecule has 0 bridgehead atoms. The van der Waals surface area contributed by atoms with E-state index in [1.54, 1.807) is 35.0 Å². The molecule has 4 nitrogen and oxygen atoms in total. The average Bonchev–Trinajstić information content (AvgIpc) is 2.94. The van der Waals surface area contributed by atoms with Crippen LogP contribution >= 0.6 is 34.8 Å². The van der Waals surface area contributed by atoms with Crippen molar-refractivity contribution in [2.45, 2.75) is 0 Å². The van der Waals surface area contributed by atoms with E-state index in [2.05, 4.69) is 5.10 Å². The van der Waals surface area contributed by atoms with E-state index in [4.69, 9.17) is 39.5 Å². The second-order valence-electron chi connectivity index (χ2n) is 4.90.